The van der Waals surface area contributed by atoms with Crippen molar-refractivity contribution < 1.29 is 13.4 Å². The van der Waals surface area contributed by atoms with Gasteiger partial charge in [-0.25, -0.2) is 8.51 Å². The highest BCUT2D eigenvalue weighted by molar-refractivity contribution is 7.82. The van der Waals surface area contributed by atoms with Crippen LogP contribution in [0.4, 0.5) is 11.4 Å². The Morgan fingerprint density at radius 1 is 0.943 bits per heavy atom. The molecule has 1 aromatic heterocycles. The first-order valence-corrected chi connectivity index (χ1v) is 12.5. The minimum atomic E-state index is -1.48. The summed E-state index contributed by atoms with van der Waals surface area (Å²) in [7, 11) is -1.48. The predicted octanol–water partition coefficient (Wildman–Crippen LogP) is 6.20. The molecule has 0 aliphatic carbocycles. The SMILES string of the molecule is C=C1CN(S(=O)c2ccc(C)cc2)[C@@H](c2ccoc2)[C@@H]1C(=O)N(c1ccccc1)c1ccccc1. The number of carbonyl (C=O) groups is 1. The van der Waals surface area contributed by atoms with E-state index in [-0.39, 0.29) is 5.91 Å². The number of benzene rings is 3. The van der Waals surface area contributed by atoms with Gasteiger partial charge in [-0.15, -0.1) is 0 Å². The Kier molecular flexibility index (Phi) is 6.49. The number of nitrogens with zero attached hydrogens (tertiary/aromatic N) is 2. The van der Waals surface area contributed by atoms with Gasteiger partial charge in [-0.3, -0.25) is 9.69 Å². The maximum absolute atomic E-state index is 14.3. The molecule has 1 fully saturated rings. The zero-order chi connectivity index (χ0) is 24.4. The number of hydrogen-bond donors (Lipinski definition) is 0. The van der Waals surface area contributed by atoms with Gasteiger partial charge in [0.2, 0.25) is 5.91 Å². The fraction of sp³-hybridized carbons (Fsp3) is 0.138. The second-order valence-electron chi connectivity index (χ2n) is 8.62. The van der Waals surface area contributed by atoms with Crippen molar-refractivity contribution in [2.45, 2.75) is 17.9 Å². The second-order valence-corrected chi connectivity index (χ2v) is 10.1. The van der Waals surface area contributed by atoms with Crippen LogP contribution in [0, 0.1) is 12.8 Å². The van der Waals surface area contributed by atoms with Gasteiger partial charge in [0.15, 0.2) is 0 Å². The third kappa shape index (κ3) is 4.50. The average molecular weight is 483 g/mol. The van der Waals surface area contributed by atoms with E-state index in [1.165, 1.54) is 0 Å². The van der Waals surface area contributed by atoms with Gasteiger partial charge >= 0.3 is 0 Å². The summed E-state index contributed by atoms with van der Waals surface area (Å²) < 4.78 is 21.0. The monoisotopic (exact) mass is 482 g/mol. The molecule has 3 aromatic carbocycles. The van der Waals surface area contributed by atoms with Gasteiger partial charge in [-0.1, -0.05) is 60.7 Å². The lowest BCUT2D eigenvalue weighted by molar-refractivity contribution is -0.121. The summed E-state index contributed by atoms with van der Waals surface area (Å²) in [6, 6.07) is 28.1. The standard InChI is InChI=1S/C29H26N2O3S/c1-21-13-15-26(16-14-21)35(33)30-19-22(2)27(28(30)23-17-18-34-20-23)29(32)31(24-9-5-3-6-10-24)25-11-7-4-8-12-25/h3-18,20,27-28H,2,19H2,1H3/t27-,28+,35?/m1/s1. The number of amides is 1. The summed E-state index contributed by atoms with van der Waals surface area (Å²) in [4.78, 5) is 16.7. The van der Waals surface area contributed by atoms with Crippen LogP contribution in [-0.4, -0.2) is 21.0 Å². The van der Waals surface area contributed by atoms with E-state index >= 15 is 0 Å². The Labute approximate surface area is 207 Å². The van der Waals surface area contributed by atoms with Crippen LogP contribution >= 0.6 is 0 Å². The van der Waals surface area contributed by atoms with Gasteiger partial charge in [0.25, 0.3) is 0 Å². The van der Waals surface area contributed by atoms with Crippen LogP contribution in [0.5, 0.6) is 0 Å². The largest absolute Gasteiger partial charge is 0.472 e. The summed E-state index contributed by atoms with van der Waals surface area (Å²) >= 11 is 0. The molecule has 1 amide bonds. The highest BCUT2D eigenvalue weighted by atomic mass is 32.2. The Balaban J connectivity index is 1.57. The molecule has 0 N–H and O–H groups in total. The molecule has 0 radical (unpaired) electrons. The molecule has 1 saturated heterocycles. The van der Waals surface area contributed by atoms with Gasteiger partial charge in [0.1, 0.15) is 11.0 Å². The molecule has 0 bridgehead atoms. The van der Waals surface area contributed by atoms with Crippen LogP contribution in [0.2, 0.25) is 0 Å². The molecule has 5 rings (SSSR count). The minimum absolute atomic E-state index is 0.123. The van der Waals surface area contributed by atoms with Gasteiger partial charge in [0.05, 0.1) is 29.4 Å². The van der Waals surface area contributed by atoms with E-state index in [1.54, 1.807) is 17.4 Å². The maximum Gasteiger partial charge on any atom is 0.240 e. The van der Waals surface area contributed by atoms with E-state index in [0.29, 0.717) is 11.4 Å². The van der Waals surface area contributed by atoms with E-state index in [4.69, 9.17) is 4.42 Å². The molecule has 0 spiro atoms. The van der Waals surface area contributed by atoms with Gasteiger partial charge in [-0.2, -0.15) is 0 Å². The molecule has 35 heavy (non-hydrogen) atoms. The molecule has 1 aliphatic rings. The first kappa shape index (κ1) is 23.0. The molecule has 176 valence electrons. The number of anilines is 2. The van der Waals surface area contributed by atoms with Crippen molar-refractivity contribution >= 4 is 28.3 Å². The lowest BCUT2D eigenvalue weighted by atomic mass is 9.91. The van der Waals surface area contributed by atoms with Crippen LogP contribution in [0.15, 0.2) is 125 Å². The lowest BCUT2D eigenvalue weighted by Gasteiger charge is -2.30. The Morgan fingerprint density at radius 3 is 2.09 bits per heavy atom. The fourth-order valence-corrected chi connectivity index (χ4v) is 5.92. The lowest BCUT2D eigenvalue weighted by Crippen LogP contribution is -2.37. The van der Waals surface area contributed by atoms with Crippen molar-refractivity contribution in [2.24, 2.45) is 5.92 Å². The normalized spacial score (nSPS) is 18.9. The second kappa shape index (κ2) is 9.86. The zero-order valence-corrected chi connectivity index (χ0v) is 20.2. The molecular weight excluding hydrogens is 456 g/mol. The summed E-state index contributed by atoms with van der Waals surface area (Å²) in [5.74, 6) is -0.732. The topological polar surface area (TPSA) is 53.8 Å². The van der Waals surface area contributed by atoms with Crippen LogP contribution in [0.1, 0.15) is 17.2 Å². The third-order valence-corrected chi connectivity index (χ3v) is 7.72. The summed E-state index contributed by atoms with van der Waals surface area (Å²) in [6.45, 7) is 6.61. The molecular formula is C29H26N2O3S. The fourth-order valence-electron chi connectivity index (χ4n) is 4.55. The van der Waals surface area contributed by atoms with Gasteiger partial charge in [-0.05, 0) is 55.0 Å². The van der Waals surface area contributed by atoms with Crippen molar-refractivity contribution in [2.75, 3.05) is 11.4 Å². The molecule has 4 aromatic rings. The van der Waals surface area contributed by atoms with Crippen LogP contribution in [-0.2, 0) is 15.8 Å². The van der Waals surface area contributed by atoms with Crippen LogP contribution < -0.4 is 4.90 Å². The molecule has 6 heteroatoms. The van der Waals surface area contributed by atoms with Gasteiger partial charge in [0, 0.05) is 23.5 Å². The molecule has 2 heterocycles. The van der Waals surface area contributed by atoms with E-state index in [0.717, 1.165) is 28.1 Å². The number of para-hydroxylation sites is 2. The average Bonchev–Trinajstić information content (AvgIpc) is 3.53. The summed E-state index contributed by atoms with van der Waals surface area (Å²) in [5.41, 5.74) is 4.14. The summed E-state index contributed by atoms with van der Waals surface area (Å²) in [5, 5.41) is 0. The smallest absolute Gasteiger partial charge is 0.240 e. The van der Waals surface area contributed by atoms with Crippen LogP contribution in [0.3, 0.4) is 0 Å². The van der Waals surface area contributed by atoms with Crippen molar-refractivity contribution in [1.82, 2.24) is 4.31 Å². The predicted molar refractivity (Wildman–Crippen MR) is 138 cm³/mol. The Hall–Kier alpha value is -3.74. The number of carbonyl (C=O) groups excluding carboxylic acids is 1. The first-order valence-electron chi connectivity index (χ1n) is 11.4. The maximum atomic E-state index is 14.3. The highest BCUT2D eigenvalue weighted by Crippen LogP contribution is 2.44. The number of hydrogen-bond acceptors (Lipinski definition) is 3. The first-order chi connectivity index (χ1) is 17.0. The Morgan fingerprint density at radius 2 is 1.54 bits per heavy atom. The summed E-state index contributed by atoms with van der Waals surface area (Å²) in [6.07, 6.45) is 3.20. The molecule has 1 aliphatic heterocycles. The number of furan rings is 1. The number of aryl methyl sites for hydroxylation is 1. The zero-order valence-electron chi connectivity index (χ0n) is 19.4. The highest BCUT2D eigenvalue weighted by Gasteiger charge is 2.47. The molecule has 0 saturated carbocycles. The van der Waals surface area contributed by atoms with Crippen molar-refractivity contribution in [3.8, 4) is 0 Å². The van der Waals surface area contributed by atoms with Crippen LogP contribution in [0.25, 0.3) is 0 Å². The molecule has 3 atom stereocenters. The molecule has 5 nitrogen and oxygen atoms in total. The quantitative estimate of drug-likeness (QED) is 0.307. The van der Waals surface area contributed by atoms with E-state index < -0.39 is 22.9 Å². The van der Waals surface area contributed by atoms with E-state index in [2.05, 4.69) is 6.58 Å². The van der Waals surface area contributed by atoms with E-state index in [9.17, 15) is 9.00 Å². The number of rotatable bonds is 6. The van der Waals surface area contributed by atoms with Crippen molar-refractivity contribution in [3.05, 3.63) is 127 Å². The Bertz CT molecular complexity index is 1300. The van der Waals surface area contributed by atoms with Gasteiger partial charge < -0.3 is 4.42 Å². The van der Waals surface area contributed by atoms with E-state index in [1.807, 2.05) is 102 Å². The van der Waals surface area contributed by atoms with Crippen molar-refractivity contribution in [1.29, 1.82) is 0 Å². The third-order valence-electron chi connectivity index (χ3n) is 6.26. The van der Waals surface area contributed by atoms with Crippen molar-refractivity contribution in [3.63, 3.8) is 0 Å². The minimum Gasteiger partial charge on any atom is -0.472 e. The molecule has 1 unspecified atom stereocenters.